The maximum atomic E-state index is 12.2. The Hall–Kier alpha value is -2.79. The second-order valence-electron chi connectivity index (χ2n) is 6.38. The average molecular weight is 445 g/mol. The van der Waals surface area contributed by atoms with Crippen LogP contribution in [-0.4, -0.2) is 34.3 Å². The Morgan fingerprint density at radius 2 is 1.80 bits per heavy atom. The molecule has 164 valence electrons. The number of sulfonamides is 1. The quantitative estimate of drug-likeness (QED) is 0.582. The van der Waals surface area contributed by atoms with Crippen LogP contribution in [0, 0.1) is 0 Å². The van der Waals surface area contributed by atoms with Crippen molar-refractivity contribution >= 4 is 16.1 Å². The van der Waals surface area contributed by atoms with E-state index in [1.54, 1.807) is 31.2 Å². The number of rotatable bonds is 8. The maximum Gasteiger partial charge on any atom is 0.422 e. The molecule has 0 spiro atoms. The lowest BCUT2D eigenvalue weighted by atomic mass is 10.1. The lowest BCUT2D eigenvalue weighted by Crippen LogP contribution is -2.36. The van der Waals surface area contributed by atoms with Gasteiger partial charge in [0.1, 0.15) is 5.75 Å². The summed E-state index contributed by atoms with van der Waals surface area (Å²) in [6.07, 6.45) is -4.41. The summed E-state index contributed by atoms with van der Waals surface area (Å²) in [5, 5.41) is 5.33. The van der Waals surface area contributed by atoms with Gasteiger partial charge < -0.3 is 15.4 Å². The molecule has 0 aliphatic heterocycles. The fourth-order valence-corrected chi connectivity index (χ4v) is 3.27. The highest BCUT2D eigenvalue weighted by Gasteiger charge is 2.28. The minimum Gasteiger partial charge on any atom is -0.484 e. The van der Waals surface area contributed by atoms with E-state index in [-0.39, 0.29) is 17.2 Å². The predicted octanol–water partition coefficient (Wildman–Crippen LogP) is 3.10. The molecule has 2 aromatic rings. The number of amides is 2. The molecule has 2 aromatic carbocycles. The van der Waals surface area contributed by atoms with Crippen molar-refractivity contribution in [1.29, 1.82) is 0 Å². The van der Waals surface area contributed by atoms with Gasteiger partial charge in [-0.3, -0.25) is 0 Å². The Kier molecular flexibility index (Phi) is 7.68. The van der Waals surface area contributed by atoms with E-state index in [1.165, 1.54) is 31.3 Å². The molecule has 1 unspecified atom stereocenters. The average Bonchev–Trinajstić information content (AvgIpc) is 2.70. The number of urea groups is 1. The number of nitrogens with one attached hydrogen (secondary N) is 3. The minimum absolute atomic E-state index is 0.0733. The predicted molar refractivity (Wildman–Crippen MR) is 104 cm³/mol. The summed E-state index contributed by atoms with van der Waals surface area (Å²) < 4.78 is 67.0. The second-order valence-corrected chi connectivity index (χ2v) is 8.26. The number of alkyl halides is 3. The van der Waals surface area contributed by atoms with E-state index in [2.05, 4.69) is 20.1 Å². The van der Waals surface area contributed by atoms with E-state index in [0.29, 0.717) is 11.1 Å². The first-order valence-electron chi connectivity index (χ1n) is 8.86. The number of carbonyl (C=O) groups excluding carboxylic acids is 1. The molecule has 1 atom stereocenters. The van der Waals surface area contributed by atoms with E-state index < -0.39 is 34.9 Å². The van der Waals surface area contributed by atoms with Crippen molar-refractivity contribution in [2.45, 2.75) is 30.6 Å². The molecule has 30 heavy (non-hydrogen) atoms. The van der Waals surface area contributed by atoms with E-state index in [1.807, 2.05) is 0 Å². The van der Waals surface area contributed by atoms with Crippen LogP contribution in [0.25, 0.3) is 0 Å². The molecule has 2 rings (SSSR count). The highest BCUT2D eigenvalue weighted by molar-refractivity contribution is 7.89. The van der Waals surface area contributed by atoms with Crippen LogP contribution in [0.5, 0.6) is 5.75 Å². The first-order chi connectivity index (χ1) is 14.0. The summed E-state index contributed by atoms with van der Waals surface area (Å²) >= 11 is 0. The van der Waals surface area contributed by atoms with Gasteiger partial charge in [0.25, 0.3) is 0 Å². The van der Waals surface area contributed by atoms with Gasteiger partial charge in [-0.05, 0) is 49.4 Å². The van der Waals surface area contributed by atoms with Crippen LogP contribution in [0.1, 0.15) is 24.1 Å². The first-order valence-corrected chi connectivity index (χ1v) is 10.3. The second kappa shape index (κ2) is 9.81. The Labute approximate surface area is 172 Å². The number of halogens is 3. The zero-order chi connectivity index (χ0) is 22.4. The van der Waals surface area contributed by atoms with E-state index in [9.17, 15) is 26.4 Å². The van der Waals surface area contributed by atoms with Crippen LogP contribution in [0.4, 0.5) is 18.0 Å². The Balaban J connectivity index is 1.88. The van der Waals surface area contributed by atoms with Gasteiger partial charge in [0.2, 0.25) is 10.0 Å². The summed E-state index contributed by atoms with van der Waals surface area (Å²) in [4.78, 5) is 12.2. The Bertz CT molecular complexity index is 964. The molecule has 0 saturated carbocycles. The molecule has 11 heteroatoms. The highest BCUT2D eigenvalue weighted by Crippen LogP contribution is 2.21. The molecule has 0 aromatic heterocycles. The summed E-state index contributed by atoms with van der Waals surface area (Å²) in [6.45, 7) is 0.445. The van der Waals surface area contributed by atoms with Crippen molar-refractivity contribution in [3.8, 4) is 5.75 Å². The van der Waals surface area contributed by atoms with E-state index in [4.69, 9.17) is 0 Å². The van der Waals surface area contributed by atoms with Crippen molar-refractivity contribution in [1.82, 2.24) is 15.4 Å². The van der Waals surface area contributed by atoms with Gasteiger partial charge in [-0.15, -0.1) is 0 Å². The molecule has 0 fully saturated rings. The van der Waals surface area contributed by atoms with Crippen LogP contribution >= 0.6 is 0 Å². The molecule has 7 nitrogen and oxygen atoms in total. The standard InChI is InChI=1S/C19H22F3N3O4S/c1-13(15-6-8-16(9-7-15)29-12-19(20,21)22)25-18(26)24-11-14-4-3-5-17(10-14)30(27,28)23-2/h3-10,13,23H,11-12H2,1-2H3,(H2,24,25,26). The summed E-state index contributed by atoms with van der Waals surface area (Å²) in [5.74, 6) is 0.0733. The van der Waals surface area contributed by atoms with Gasteiger partial charge in [-0.25, -0.2) is 17.9 Å². The van der Waals surface area contributed by atoms with Crippen LogP contribution in [0.2, 0.25) is 0 Å². The van der Waals surface area contributed by atoms with Crippen LogP contribution < -0.4 is 20.1 Å². The number of hydrogen-bond donors (Lipinski definition) is 3. The maximum absolute atomic E-state index is 12.2. The zero-order valence-corrected chi connectivity index (χ0v) is 17.1. The summed E-state index contributed by atoms with van der Waals surface area (Å²) in [5.41, 5.74) is 1.27. The smallest absolute Gasteiger partial charge is 0.422 e. The van der Waals surface area contributed by atoms with Crippen molar-refractivity contribution in [3.63, 3.8) is 0 Å². The van der Waals surface area contributed by atoms with Gasteiger partial charge in [-0.2, -0.15) is 13.2 Å². The molecule has 2 amide bonds. The molecule has 0 aliphatic rings. The normalized spacial score (nSPS) is 12.8. The molecular formula is C19H22F3N3O4S. The molecule has 0 saturated heterocycles. The van der Waals surface area contributed by atoms with Crippen molar-refractivity contribution in [3.05, 3.63) is 59.7 Å². The highest BCUT2D eigenvalue weighted by atomic mass is 32.2. The molecule has 0 radical (unpaired) electrons. The van der Waals surface area contributed by atoms with Gasteiger partial charge in [0.05, 0.1) is 10.9 Å². The Morgan fingerprint density at radius 3 is 2.40 bits per heavy atom. The van der Waals surface area contributed by atoms with Crippen molar-refractivity contribution < 1.29 is 31.1 Å². The fraction of sp³-hybridized carbons (Fsp3) is 0.316. The van der Waals surface area contributed by atoms with Gasteiger partial charge >= 0.3 is 12.2 Å². The molecule has 3 N–H and O–H groups in total. The molecule has 0 heterocycles. The van der Waals surface area contributed by atoms with Crippen molar-refractivity contribution in [2.24, 2.45) is 0 Å². The van der Waals surface area contributed by atoms with Gasteiger partial charge in [-0.1, -0.05) is 24.3 Å². The Morgan fingerprint density at radius 1 is 1.13 bits per heavy atom. The SMILES string of the molecule is CNS(=O)(=O)c1cccc(CNC(=O)NC(C)c2ccc(OCC(F)(F)F)cc2)c1. The third-order valence-corrected chi connectivity index (χ3v) is 5.47. The third kappa shape index (κ3) is 7.23. The number of carbonyl (C=O) groups is 1. The van der Waals surface area contributed by atoms with Crippen LogP contribution in [0.15, 0.2) is 53.4 Å². The van der Waals surface area contributed by atoms with Gasteiger partial charge in [0, 0.05) is 6.54 Å². The third-order valence-electron chi connectivity index (χ3n) is 4.06. The zero-order valence-electron chi connectivity index (χ0n) is 16.3. The fourth-order valence-electron chi connectivity index (χ4n) is 2.47. The van der Waals surface area contributed by atoms with Gasteiger partial charge in [0.15, 0.2) is 6.61 Å². The topological polar surface area (TPSA) is 96.5 Å². The van der Waals surface area contributed by atoms with Crippen molar-refractivity contribution in [2.75, 3.05) is 13.7 Å². The minimum atomic E-state index is -4.41. The number of ether oxygens (including phenoxy) is 1. The summed E-state index contributed by atoms with van der Waals surface area (Å²) in [7, 11) is -2.27. The largest absolute Gasteiger partial charge is 0.484 e. The molecule has 0 bridgehead atoms. The van der Waals surface area contributed by atoms with Crippen LogP contribution in [-0.2, 0) is 16.6 Å². The number of benzene rings is 2. The first kappa shape index (κ1) is 23.5. The monoisotopic (exact) mass is 445 g/mol. The number of hydrogen-bond acceptors (Lipinski definition) is 4. The van der Waals surface area contributed by atoms with Crippen LogP contribution in [0.3, 0.4) is 0 Å². The van der Waals surface area contributed by atoms with E-state index >= 15 is 0 Å². The molecule has 0 aliphatic carbocycles. The summed E-state index contributed by atoms with van der Waals surface area (Å²) in [6, 6.07) is 11.2. The molecular weight excluding hydrogens is 423 g/mol. The van der Waals surface area contributed by atoms with E-state index in [0.717, 1.165) is 0 Å². The lowest BCUT2D eigenvalue weighted by molar-refractivity contribution is -0.153. The lowest BCUT2D eigenvalue weighted by Gasteiger charge is -2.16.